The van der Waals surface area contributed by atoms with Crippen LogP contribution >= 0.6 is 0 Å². The van der Waals surface area contributed by atoms with Gasteiger partial charge >= 0.3 is 6.18 Å². The summed E-state index contributed by atoms with van der Waals surface area (Å²) in [5.74, 6) is 1.40. The van der Waals surface area contributed by atoms with E-state index in [0.717, 1.165) is 18.9 Å². The Balaban J connectivity index is 1.62. The van der Waals surface area contributed by atoms with Crippen molar-refractivity contribution in [3.05, 3.63) is 35.9 Å². The summed E-state index contributed by atoms with van der Waals surface area (Å²) in [5, 5.41) is 4.06. The van der Waals surface area contributed by atoms with Gasteiger partial charge in [-0.15, -0.1) is 0 Å². The van der Waals surface area contributed by atoms with Crippen LogP contribution in [0.25, 0.3) is 28.1 Å². The molecule has 1 aliphatic carbocycles. The van der Waals surface area contributed by atoms with Crippen LogP contribution in [0.3, 0.4) is 0 Å². The quantitative estimate of drug-likeness (QED) is 0.491. The summed E-state index contributed by atoms with van der Waals surface area (Å²) < 4.78 is 54.0. The van der Waals surface area contributed by atoms with Crippen molar-refractivity contribution in [1.29, 1.82) is 0 Å². The first-order chi connectivity index (χ1) is 15.0. The van der Waals surface area contributed by atoms with E-state index in [2.05, 4.69) is 20.1 Å². The zero-order valence-corrected chi connectivity index (χ0v) is 16.3. The molecular weight excluding hydrogens is 413 g/mol. The molecule has 8 nitrogen and oxygen atoms in total. The molecule has 0 N–H and O–H groups in total. The standard InChI is InChI=1S/C20H17F3N6O2/c21-20(22,23)12-2-1-3-13-14(12)17(28-6-8-30-9-7-28)26-18-15(24-10-29(13)18)19-25-16(27-31-19)11-4-5-11/h1-3,10-11H,4-9H2. The normalized spacial score (nSPS) is 17.7. The SMILES string of the molecule is FC(F)(F)c1cccc2c1c(N1CCOCC1)nc1c(-c3nc(C4CC4)no3)ncn12. The number of aromatic nitrogens is 5. The van der Waals surface area contributed by atoms with Gasteiger partial charge in [0.1, 0.15) is 12.1 Å². The van der Waals surface area contributed by atoms with E-state index in [4.69, 9.17) is 9.26 Å². The number of morpholine rings is 1. The molecule has 0 amide bonds. The largest absolute Gasteiger partial charge is 0.417 e. The third-order valence-electron chi connectivity index (χ3n) is 5.68. The Morgan fingerprint density at radius 2 is 1.87 bits per heavy atom. The zero-order valence-electron chi connectivity index (χ0n) is 16.3. The molecule has 11 heteroatoms. The molecule has 0 radical (unpaired) electrons. The zero-order chi connectivity index (χ0) is 21.2. The van der Waals surface area contributed by atoms with Gasteiger partial charge in [-0.3, -0.25) is 4.40 Å². The second-order valence-electron chi connectivity index (χ2n) is 7.75. The fraction of sp³-hybridized carbons (Fsp3) is 0.400. The first-order valence-electron chi connectivity index (χ1n) is 10.0. The van der Waals surface area contributed by atoms with Crippen molar-refractivity contribution in [1.82, 2.24) is 24.5 Å². The maximum absolute atomic E-state index is 13.9. The first kappa shape index (κ1) is 18.6. The van der Waals surface area contributed by atoms with Crippen molar-refractivity contribution in [3.63, 3.8) is 0 Å². The predicted molar refractivity (Wildman–Crippen MR) is 104 cm³/mol. The summed E-state index contributed by atoms with van der Waals surface area (Å²) in [7, 11) is 0. The number of halogens is 3. The number of benzene rings is 1. The fourth-order valence-electron chi connectivity index (χ4n) is 3.99. The average Bonchev–Trinajstić information content (AvgIpc) is 3.34. The van der Waals surface area contributed by atoms with Gasteiger partial charge in [-0.05, 0) is 25.0 Å². The number of fused-ring (bicyclic) bond motifs is 3. The molecule has 4 heterocycles. The van der Waals surface area contributed by atoms with E-state index in [1.54, 1.807) is 10.5 Å². The van der Waals surface area contributed by atoms with Crippen LogP contribution in [0.15, 0.2) is 29.0 Å². The Morgan fingerprint density at radius 1 is 1.06 bits per heavy atom. The third kappa shape index (κ3) is 3.02. The summed E-state index contributed by atoms with van der Waals surface area (Å²) in [4.78, 5) is 15.3. The lowest BCUT2D eigenvalue weighted by molar-refractivity contribution is -0.136. The Kier molecular flexibility index (Phi) is 3.98. The highest BCUT2D eigenvalue weighted by atomic mass is 19.4. The van der Waals surface area contributed by atoms with Crippen LogP contribution in [-0.4, -0.2) is 50.8 Å². The maximum atomic E-state index is 13.9. The van der Waals surface area contributed by atoms with Crippen LogP contribution in [0.4, 0.5) is 19.0 Å². The van der Waals surface area contributed by atoms with Crippen LogP contribution in [0.5, 0.6) is 0 Å². The minimum Gasteiger partial charge on any atom is -0.378 e. The molecule has 4 aromatic rings. The van der Waals surface area contributed by atoms with E-state index < -0.39 is 11.7 Å². The topological polar surface area (TPSA) is 81.6 Å². The predicted octanol–water partition coefficient (Wildman–Crippen LogP) is 3.67. The lowest BCUT2D eigenvalue weighted by atomic mass is 10.1. The van der Waals surface area contributed by atoms with Crippen molar-refractivity contribution < 1.29 is 22.4 Å². The summed E-state index contributed by atoms with van der Waals surface area (Å²) in [6.07, 6.45) is -1.03. The summed E-state index contributed by atoms with van der Waals surface area (Å²) in [6, 6.07) is 4.11. The Hall–Kier alpha value is -3.21. The molecule has 2 fully saturated rings. The van der Waals surface area contributed by atoms with E-state index in [0.29, 0.717) is 54.9 Å². The van der Waals surface area contributed by atoms with E-state index in [1.807, 2.05) is 4.90 Å². The molecule has 0 spiro atoms. The molecular formula is C20H17F3N6O2. The van der Waals surface area contributed by atoms with Gasteiger partial charge in [0.15, 0.2) is 17.2 Å². The van der Waals surface area contributed by atoms with Crippen LogP contribution in [0.2, 0.25) is 0 Å². The lowest BCUT2D eigenvalue weighted by Crippen LogP contribution is -2.37. The molecule has 0 unspecified atom stereocenters. The van der Waals surface area contributed by atoms with E-state index in [1.165, 1.54) is 12.4 Å². The third-order valence-corrected chi connectivity index (χ3v) is 5.68. The molecule has 1 saturated carbocycles. The molecule has 1 aliphatic heterocycles. The van der Waals surface area contributed by atoms with Crippen LogP contribution in [-0.2, 0) is 10.9 Å². The van der Waals surface area contributed by atoms with Gasteiger partial charge in [-0.2, -0.15) is 18.2 Å². The van der Waals surface area contributed by atoms with Crippen LogP contribution < -0.4 is 4.90 Å². The second-order valence-corrected chi connectivity index (χ2v) is 7.75. The Morgan fingerprint density at radius 3 is 2.61 bits per heavy atom. The number of anilines is 1. The molecule has 0 bridgehead atoms. The molecule has 6 rings (SSSR count). The minimum atomic E-state index is -4.52. The van der Waals surface area contributed by atoms with Gasteiger partial charge < -0.3 is 14.2 Å². The molecule has 160 valence electrons. The Bertz CT molecular complexity index is 1290. The van der Waals surface area contributed by atoms with E-state index in [9.17, 15) is 13.2 Å². The van der Waals surface area contributed by atoms with E-state index in [-0.39, 0.29) is 17.1 Å². The summed E-state index contributed by atoms with van der Waals surface area (Å²) >= 11 is 0. The fourth-order valence-corrected chi connectivity index (χ4v) is 3.99. The maximum Gasteiger partial charge on any atom is 0.417 e. The number of imidazole rings is 1. The average molecular weight is 430 g/mol. The molecule has 1 saturated heterocycles. The van der Waals surface area contributed by atoms with Gasteiger partial charge in [0.2, 0.25) is 0 Å². The summed E-state index contributed by atoms with van der Waals surface area (Å²) in [6.45, 7) is 1.73. The second kappa shape index (κ2) is 6.64. The molecule has 1 aromatic carbocycles. The van der Waals surface area contributed by atoms with Gasteiger partial charge in [-0.25, -0.2) is 9.97 Å². The Labute approximate surface area is 173 Å². The molecule has 31 heavy (non-hydrogen) atoms. The number of ether oxygens (including phenoxy) is 1. The van der Waals surface area contributed by atoms with Crippen molar-refractivity contribution in [2.45, 2.75) is 24.9 Å². The van der Waals surface area contributed by atoms with Crippen molar-refractivity contribution in [3.8, 4) is 11.6 Å². The number of alkyl halides is 3. The smallest absolute Gasteiger partial charge is 0.378 e. The highest BCUT2D eigenvalue weighted by Crippen LogP contribution is 2.41. The van der Waals surface area contributed by atoms with Gasteiger partial charge in [0.05, 0.1) is 29.7 Å². The van der Waals surface area contributed by atoms with Gasteiger partial charge in [-0.1, -0.05) is 11.2 Å². The van der Waals surface area contributed by atoms with Crippen molar-refractivity contribution >= 4 is 22.4 Å². The first-order valence-corrected chi connectivity index (χ1v) is 10.0. The monoisotopic (exact) mass is 430 g/mol. The van der Waals surface area contributed by atoms with Crippen LogP contribution in [0, 0.1) is 0 Å². The number of nitrogens with zero attached hydrogens (tertiary/aromatic N) is 6. The molecule has 2 aliphatic rings. The van der Waals surface area contributed by atoms with Crippen molar-refractivity contribution in [2.24, 2.45) is 0 Å². The number of rotatable bonds is 3. The van der Waals surface area contributed by atoms with Crippen LogP contribution in [0.1, 0.15) is 30.1 Å². The van der Waals surface area contributed by atoms with Gasteiger partial charge in [0, 0.05) is 19.0 Å². The summed E-state index contributed by atoms with van der Waals surface area (Å²) in [5.41, 5.74) is 0.361. The number of hydrogen-bond donors (Lipinski definition) is 0. The lowest BCUT2D eigenvalue weighted by Gasteiger charge is -2.29. The van der Waals surface area contributed by atoms with E-state index >= 15 is 0 Å². The highest BCUT2D eigenvalue weighted by Gasteiger charge is 2.36. The number of hydrogen-bond acceptors (Lipinski definition) is 7. The molecule has 3 aromatic heterocycles. The highest BCUT2D eigenvalue weighted by molar-refractivity contribution is 5.96. The minimum absolute atomic E-state index is 0.0394. The van der Waals surface area contributed by atoms with Crippen molar-refractivity contribution in [2.75, 3.05) is 31.2 Å². The molecule has 0 atom stereocenters. The van der Waals surface area contributed by atoms with Gasteiger partial charge in [0.25, 0.3) is 5.89 Å².